The lowest BCUT2D eigenvalue weighted by Gasteiger charge is -2.35. The molecule has 3 rings (SSSR count). The van der Waals surface area contributed by atoms with E-state index in [0.29, 0.717) is 13.1 Å². The van der Waals surface area contributed by atoms with Crippen molar-refractivity contribution in [3.63, 3.8) is 0 Å². The van der Waals surface area contributed by atoms with Gasteiger partial charge in [-0.15, -0.1) is 0 Å². The van der Waals surface area contributed by atoms with Crippen molar-refractivity contribution in [3.05, 3.63) is 23.8 Å². The van der Waals surface area contributed by atoms with Gasteiger partial charge in [0.2, 0.25) is 5.91 Å². The van der Waals surface area contributed by atoms with E-state index < -0.39 is 0 Å². The number of rotatable bonds is 4. The Hall–Kier alpha value is -1.57. The summed E-state index contributed by atoms with van der Waals surface area (Å²) in [5.41, 5.74) is 2.87. The SMILES string of the molecule is C[C@@H]1CN(CC(=O)N(C)Cc2ccc3nsnc3c2)C[C@H](C)O1. The number of likely N-dealkylation sites (N-methyl/N-ethyl adjacent to an activating group) is 1. The smallest absolute Gasteiger partial charge is 0.236 e. The zero-order valence-corrected chi connectivity index (χ0v) is 14.5. The lowest BCUT2D eigenvalue weighted by molar-refractivity contribution is -0.135. The molecule has 0 N–H and O–H groups in total. The fourth-order valence-electron chi connectivity index (χ4n) is 3.01. The normalized spacial score (nSPS) is 22.4. The number of amides is 1. The molecule has 124 valence electrons. The van der Waals surface area contributed by atoms with Crippen LogP contribution < -0.4 is 0 Å². The van der Waals surface area contributed by atoms with Crippen LogP contribution in [0.3, 0.4) is 0 Å². The molecule has 7 heteroatoms. The number of carbonyl (C=O) groups excluding carboxylic acids is 1. The number of nitrogens with zero attached hydrogens (tertiary/aromatic N) is 4. The molecule has 1 saturated heterocycles. The van der Waals surface area contributed by atoms with Crippen molar-refractivity contribution in [2.75, 3.05) is 26.7 Å². The predicted molar refractivity (Wildman–Crippen MR) is 90.3 cm³/mol. The Bertz CT molecular complexity index is 680. The number of carbonyl (C=O) groups is 1. The Kier molecular flexibility index (Phi) is 4.89. The molecule has 6 nitrogen and oxygen atoms in total. The summed E-state index contributed by atoms with van der Waals surface area (Å²) in [4.78, 5) is 16.4. The van der Waals surface area contributed by atoms with Crippen molar-refractivity contribution in [3.8, 4) is 0 Å². The van der Waals surface area contributed by atoms with Gasteiger partial charge in [-0.1, -0.05) is 6.07 Å². The van der Waals surface area contributed by atoms with Gasteiger partial charge < -0.3 is 9.64 Å². The molecule has 1 aliphatic rings. The Labute approximate surface area is 140 Å². The van der Waals surface area contributed by atoms with E-state index in [1.165, 1.54) is 11.7 Å². The largest absolute Gasteiger partial charge is 0.373 e. The van der Waals surface area contributed by atoms with Crippen LogP contribution in [0.2, 0.25) is 0 Å². The summed E-state index contributed by atoms with van der Waals surface area (Å²) in [6, 6.07) is 5.96. The van der Waals surface area contributed by atoms with Crippen molar-refractivity contribution in [2.45, 2.75) is 32.6 Å². The number of aromatic nitrogens is 2. The van der Waals surface area contributed by atoms with Gasteiger partial charge in [0.15, 0.2) is 0 Å². The molecule has 2 aromatic rings. The van der Waals surface area contributed by atoms with Crippen LogP contribution in [-0.2, 0) is 16.1 Å². The molecule has 1 aromatic heterocycles. The monoisotopic (exact) mass is 334 g/mol. The van der Waals surface area contributed by atoms with Gasteiger partial charge in [0.1, 0.15) is 11.0 Å². The maximum atomic E-state index is 12.5. The fourth-order valence-corrected chi connectivity index (χ4v) is 3.53. The van der Waals surface area contributed by atoms with Gasteiger partial charge in [0, 0.05) is 26.7 Å². The number of morpholine rings is 1. The molecule has 1 amide bonds. The van der Waals surface area contributed by atoms with E-state index in [1.54, 1.807) is 4.90 Å². The first kappa shape index (κ1) is 16.3. The minimum atomic E-state index is 0.128. The molecule has 1 aromatic carbocycles. The van der Waals surface area contributed by atoms with E-state index >= 15 is 0 Å². The summed E-state index contributed by atoms with van der Waals surface area (Å²) in [5, 5.41) is 0. The highest BCUT2D eigenvalue weighted by atomic mass is 32.1. The van der Waals surface area contributed by atoms with Crippen molar-refractivity contribution < 1.29 is 9.53 Å². The molecular weight excluding hydrogens is 312 g/mol. The van der Waals surface area contributed by atoms with Crippen molar-refractivity contribution >= 4 is 28.7 Å². The van der Waals surface area contributed by atoms with Crippen LogP contribution in [0.15, 0.2) is 18.2 Å². The van der Waals surface area contributed by atoms with Gasteiger partial charge in [-0.25, -0.2) is 0 Å². The van der Waals surface area contributed by atoms with Crippen molar-refractivity contribution in [1.29, 1.82) is 0 Å². The van der Waals surface area contributed by atoms with E-state index in [4.69, 9.17) is 4.74 Å². The number of hydrogen-bond donors (Lipinski definition) is 0. The number of benzene rings is 1. The van der Waals surface area contributed by atoms with Gasteiger partial charge in [-0.2, -0.15) is 8.75 Å². The maximum Gasteiger partial charge on any atom is 0.236 e. The topological polar surface area (TPSA) is 58.6 Å². The molecule has 0 radical (unpaired) electrons. The lowest BCUT2D eigenvalue weighted by atomic mass is 10.2. The van der Waals surface area contributed by atoms with E-state index in [2.05, 4.69) is 13.6 Å². The average molecular weight is 334 g/mol. The fraction of sp³-hybridized carbons (Fsp3) is 0.562. The van der Waals surface area contributed by atoms with E-state index in [9.17, 15) is 4.79 Å². The highest BCUT2D eigenvalue weighted by molar-refractivity contribution is 7.00. The van der Waals surface area contributed by atoms with Gasteiger partial charge in [0.05, 0.1) is 30.5 Å². The van der Waals surface area contributed by atoms with Crippen LogP contribution in [0.4, 0.5) is 0 Å². The third-order valence-electron chi connectivity index (χ3n) is 4.02. The average Bonchev–Trinajstić information content (AvgIpc) is 2.93. The Morgan fingerprint density at radius 1 is 1.30 bits per heavy atom. The van der Waals surface area contributed by atoms with Crippen LogP contribution >= 0.6 is 11.7 Å². The second-order valence-corrected chi connectivity index (χ2v) is 6.82. The molecule has 0 saturated carbocycles. The Morgan fingerprint density at radius 2 is 2.00 bits per heavy atom. The molecule has 1 fully saturated rings. The minimum absolute atomic E-state index is 0.128. The van der Waals surface area contributed by atoms with Crippen molar-refractivity contribution in [2.24, 2.45) is 0 Å². The third-order valence-corrected chi connectivity index (χ3v) is 4.57. The van der Waals surface area contributed by atoms with Crippen LogP contribution in [-0.4, -0.2) is 63.3 Å². The maximum absolute atomic E-state index is 12.5. The molecule has 1 aliphatic heterocycles. The van der Waals surface area contributed by atoms with Gasteiger partial charge in [-0.3, -0.25) is 9.69 Å². The molecule has 0 spiro atoms. The first-order chi connectivity index (χ1) is 11.0. The van der Waals surface area contributed by atoms with E-state index in [1.807, 2.05) is 39.1 Å². The summed E-state index contributed by atoms with van der Waals surface area (Å²) in [6.07, 6.45) is 0.354. The molecule has 0 unspecified atom stereocenters. The highest BCUT2D eigenvalue weighted by Gasteiger charge is 2.24. The first-order valence-electron chi connectivity index (χ1n) is 7.84. The van der Waals surface area contributed by atoms with E-state index in [0.717, 1.165) is 29.7 Å². The second-order valence-electron chi connectivity index (χ2n) is 6.29. The van der Waals surface area contributed by atoms with Crippen LogP contribution in [0.1, 0.15) is 19.4 Å². The quantitative estimate of drug-likeness (QED) is 0.853. The second kappa shape index (κ2) is 6.90. The standard InChI is InChI=1S/C16H22N4O2S/c1-11-7-20(8-12(2)22-11)10-16(21)19(3)9-13-4-5-14-15(6-13)18-23-17-14/h4-6,11-12H,7-10H2,1-3H3/t11-,12+. The summed E-state index contributed by atoms with van der Waals surface area (Å²) >= 11 is 1.21. The first-order valence-corrected chi connectivity index (χ1v) is 8.57. The highest BCUT2D eigenvalue weighted by Crippen LogP contribution is 2.15. The number of ether oxygens (including phenoxy) is 1. The summed E-state index contributed by atoms with van der Waals surface area (Å²) < 4.78 is 14.2. The molecule has 23 heavy (non-hydrogen) atoms. The minimum Gasteiger partial charge on any atom is -0.373 e. The van der Waals surface area contributed by atoms with E-state index in [-0.39, 0.29) is 18.1 Å². The third kappa shape index (κ3) is 4.04. The van der Waals surface area contributed by atoms with Gasteiger partial charge in [0.25, 0.3) is 0 Å². The molecule has 0 bridgehead atoms. The Morgan fingerprint density at radius 3 is 2.74 bits per heavy atom. The lowest BCUT2D eigenvalue weighted by Crippen LogP contribution is -2.49. The summed E-state index contributed by atoms with van der Waals surface area (Å²) in [5.74, 6) is 0.128. The zero-order valence-electron chi connectivity index (χ0n) is 13.7. The molecular formula is C16H22N4O2S. The van der Waals surface area contributed by atoms with Crippen molar-refractivity contribution in [1.82, 2.24) is 18.5 Å². The summed E-state index contributed by atoms with van der Waals surface area (Å²) in [7, 11) is 1.85. The number of fused-ring (bicyclic) bond motifs is 1. The summed E-state index contributed by atoms with van der Waals surface area (Å²) in [6.45, 7) is 6.74. The predicted octanol–water partition coefficient (Wildman–Crippen LogP) is 1.76. The van der Waals surface area contributed by atoms with Crippen LogP contribution in [0.5, 0.6) is 0 Å². The molecule has 0 aliphatic carbocycles. The molecule has 2 atom stereocenters. The molecule has 2 heterocycles. The van der Waals surface area contributed by atoms with Gasteiger partial charge >= 0.3 is 0 Å². The van der Waals surface area contributed by atoms with Gasteiger partial charge in [-0.05, 0) is 31.5 Å². The Balaban J connectivity index is 1.58. The van der Waals surface area contributed by atoms with Crippen LogP contribution in [0, 0.1) is 0 Å². The van der Waals surface area contributed by atoms with Crippen LogP contribution in [0.25, 0.3) is 11.0 Å². The zero-order chi connectivity index (χ0) is 16.4. The number of hydrogen-bond acceptors (Lipinski definition) is 6.